The first-order valence-corrected chi connectivity index (χ1v) is 6.09. The zero-order valence-corrected chi connectivity index (χ0v) is 11.3. The molecule has 1 fully saturated rings. The third-order valence-corrected chi connectivity index (χ3v) is 3.96. The molecule has 0 amide bonds. The van der Waals surface area contributed by atoms with E-state index in [4.69, 9.17) is 0 Å². The first-order valence-electron chi connectivity index (χ1n) is 6.09. The maximum Gasteiger partial charge on any atom is 0.0644 e. The second-order valence-electron chi connectivity index (χ2n) is 5.84. The van der Waals surface area contributed by atoms with E-state index in [2.05, 4.69) is 45.0 Å². The average molecular weight is 221 g/mol. The SMILES string of the molecule is Cc1nn(C)c(C)c1C(C)NC1CC1(C)C. The smallest absolute Gasteiger partial charge is 0.0644 e. The summed E-state index contributed by atoms with van der Waals surface area (Å²) >= 11 is 0. The van der Waals surface area contributed by atoms with Gasteiger partial charge >= 0.3 is 0 Å². The Morgan fingerprint density at radius 3 is 2.38 bits per heavy atom. The summed E-state index contributed by atoms with van der Waals surface area (Å²) in [5.74, 6) is 0. The molecule has 90 valence electrons. The molecule has 0 aliphatic heterocycles. The van der Waals surface area contributed by atoms with Crippen molar-refractivity contribution in [3.8, 4) is 0 Å². The summed E-state index contributed by atoms with van der Waals surface area (Å²) in [6, 6.07) is 1.07. The van der Waals surface area contributed by atoms with E-state index in [0.29, 0.717) is 17.5 Å². The highest BCUT2D eigenvalue weighted by molar-refractivity contribution is 5.28. The Hall–Kier alpha value is -0.830. The minimum atomic E-state index is 0.403. The van der Waals surface area contributed by atoms with Crippen LogP contribution < -0.4 is 5.32 Å². The highest BCUT2D eigenvalue weighted by Gasteiger charge is 2.46. The molecule has 16 heavy (non-hydrogen) atoms. The molecule has 0 spiro atoms. The van der Waals surface area contributed by atoms with Gasteiger partial charge in [-0.3, -0.25) is 4.68 Å². The number of hydrogen-bond donors (Lipinski definition) is 1. The largest absolute Gasteiger partial charge is 0.307 e. The van der Waals surface area contributed by atoms with Crippen LogP contribution in [0.1, 0.15) is 50.2 Å². The van der Waals surface area contributed by atoms with Gasteiger partial charge in [-0.2, -0.15) is 5.10 Å². The summed E-state index contributed by atoms with van der Waals surface area (Å²) in [6.45, 7) is 11.1. The average Bonchev–Trinajstić information content (AvgIpc) is 2.63. The highest BCUT2D eigenvalue weighted by atomic mass is 15.3. The Labute approximate surface area is 98.2 Å². The number of aryl methyl sites for hydroxylation is 2. The first-order chi connectivity index (χ1) is 7.33. The fourth-order valence-electron chi connectivity index (χ4n) is 2.55. The predicted molar refractivity (Wildman–Crippen MR) is 66.4 cm³/mol. The zero-order valence-electron chi connectivity index (χ0n) is 11.3. The number of hydrogen-bond acceptors (Lipinski definition) is 2. The molecule has 0 saturated heterocycles. The normalized spacial score (nSPS) is 24.5. The van der Waals surface area contributed by atoms with Crippen LogP contribution in [0.25, 0.3) is 0 Å². The molecule has 1 heterocycles. The lowest BCUT2D eigenvalue weighted by Gasteiger charge is -2.16. The van der Waals surface area contributed by atoms with Crippen molar-refractivity contribution in [1.29, 1.82) is 0 Å². The molecule has 2 rings (SSSR count). The van der Waals surface area contributed by atoms with Crippen molar-refractivity contribution < 1.29 is 0 Å². The fraction of sp³-hybridized carbons (Fsp3) is 0.769. The van der Waals surface area contributed by atoms with Crippen molar-refractivity contribution in [2.24, 2.45) is 12.5 Å². The molecular formula is C13H23N3. The molecule has 1 aromatic heterocycles. The maximum absolute atomic E-state index is 4.47. The second kappa shape index (κ2) is 3.59. The van der Waals surface area contributed by atoms with Gasteiger partial charge in [0.1, 0.15) is 0 Å². The van der Waals surface area contributed by atoms with Crippen molar-refractivity contribution in [3.05, 3.63) is 17.0 Å². The molecular weight excluding hydrogens is 198 g/mol. The Morgan fingerprint density at radius 1 is 1.44 bits per heavy atom. The zero-order chi connectivity index (χ0) is 12.1. The van der Waals surface area contributed by atoms with E-state index < -0.39 is 0 Å². The minimum Gasteiger partial charge on any atom is -0.307 e. The van der Waals surface area contributed by atoms with Gasteiger partial charge in [-0.25, -0.2) is 0 Å². The van der Waals surface area contributed by atoms with Crippen LogP contribution in [0.3, 0.4) is 0 Å². The predicted octanol–water partition coefficient (Wildman–Crippen LogP) is 2.49. The summed E-state index contributed by atoms with van der Waals surface area (Å²) in [6.07, 6.45) is 1.29. The van der Waals surface area contributed by atoms with Crippen molar-refractivity contribution in [3.63, 3.8) is 0 Å². The number of rotatable bonds is 3. The summed E-state index contributed by atoms with van der Waals surface area (Å²) < 4.78 is 1.97. The summed E-state index contributed by atoms with van der Waals surface area (Å²) in [7, 11) is 2.01. The topological polar surface area (TPSA) is 29.9 Å². The van der Waals surface area contributed by atoms with Crippen LogP contribution >= 0.6 is 0 Å². The highest BCUT2D eigenvalue weighted by Crippen LogP contribution is 2.45. The summed E-state index contributed by atoms with van der Waals surface area (Å²) in [5, 5.41) is 8.17. The van der Waals surface area contributed by atoms with Crippen molar-refractivity contribution in [2.75, 3.05) is 0 Å². The van der Waals surface area contributed by atoms with E-state index in [-0.39, 0.29) is 0 Å². The van der Waals surface area contributed by atoms with Gasteiger partial charge in [-0.1, -0.05) is 13.8 Å². The lowest BCUT2D eigenvalue weighted by molar-refractivity contribution is 0.489. The summed E-state index contributed by atoms with van der Waals surface area (Å²) in [4.78, 5) is 0. The lowest BCUT2D eigenvalue weighted by atomic mass is 10.1. The van der Waals surface area contributed by atoms with E-state index >= 15 is 0 Å². The number of nitrogens with zero attached hydrogens (tertiary/aromatic N) is 2. The number of nitrogens with one attached hydrogen (secondary N) is 1. The molecule has 0 bridgehead atoms. The molecule has 1 saturated carbocycles. The van der Waals surface area contributed by atoms with Crippen molar-refractivity contribution >= 4 is 0 Å². The van der Waals surface area contributed by atoms with Gasteiger partial charge in [0, 0.05) is 30.4 Å². The van der Waals surface area contributed by atoms with Crippen LogP contribution in [-0.4, -0.2) is 15.8 Å². The molecule has 2 unspecified atom stereocenters. The van der Waals surface area contributed by atoms with E-state index in [0.717, 1.165) is 5.69 Å². The van der Waals surface area contributed by atoms with E-state index in [9.17, 15) is 0 Å². The molecule has 3 heteroatoms. The van der Waals surface area contributed by atoms with Crippen LogP contribution in [0.4, 0.5) is 0 Å². The maximum atomic E-state index is 4.47. The molecule has 1 N–H and O–H groups in total. The van der Waals surface area contributed by atoms with Gasteiger partial charge in [0.25, 0.3) is 0 Å². The molecule has 1 aliphatic carbocycles. The van der Waals surface area contributed by atoms with Crippen LogP contribution in [0.15, 0.2) is 0 Å². The third kappa shape index (κ3) is 1.88. The quantitative estimate of drug-likeness (QED) is 0.850. The van der Waals surface area contributed by atoms with Gasteiger partial charge in [-0.05, 0) is 32.6 Å². The van der Waals surface area contributed by atoms with Crippen LogP contribution in [0.5, 0.6) is 0 Å². The molecule has 3 nitrogen and oxygen atoms in total. The Bertz CT molecular complexity index is 404. The van der Waals surface area contributed by atoms with Crippen molar-refractivity contribution in [1.82, 2.24) is 15.1 Å². The van der Waals surface area contributed by atoms with Crippen LogP contribution in [0.2, 0.25) is 0 Å². The van der Waals surface area contributed by atoms with Gasteiger partial charge in [0.15, 0.2) is 0 Å². The second-order valence-corrected chi connectivity index (χ2v) is 5.84. The van der Waals surface area contributed by atoms with Crippen molar-refractivity contribution in [2.45, 2.75) is 53.1 Å². The molecule has 0 aromatic carbocycles. The van der Waals surface area contributed by atoms with Gasteiger partial charge < -0.3 is 5.32 Å². The summed E-state index contributed by atoms with van der Waals surface area (Å²) in [5.41, 5.74) is 4.28. The van der Waals surface area contributed by atoms with Crippen LogP contribution in [-0.2, 0) is 7.05 Å². The van der Waals surface area contributed by atoms with E-state index in [1.807, 2.05) is 11.7 Å². The lowest BCUT2D eigenvalue weighted by Crippen LogP contribution is -2.25. The number of aromatic nitrogens is 2. The van der Waals surface area contributed by atoms with Gasteiger partial charge in [-0.15, -0.1) is 0 Å². The molecule has 2 atom stereocenters. The van der Waals surface area contributed by atoms with E-state index in [1.54, 1.807) is 0 Å². The van der Waals surface area contributed by atoms with E-state index in [1.165, 1.54) is 17.7 Å². The first kappa shape index (κ1) is 11.6. The Morgan fingerprint density at radius 2 is 2.00 bits per heavy atom. The fourth-order valence-corrected chi connectivity index (χ4v) is 2.55. The Balaban J connectivity index is 2.12. The molecule has 1 aliphatic rings. The standard InChI is InChI=1S/C13H23N3/c1-8(14-11-7-13(11,4)5)12-9(2)15-16(6)10(12)3/h8,11,14H,7H2,1-6H3. The van der Waals surface area contributed by atoms with Crippen LogP contribution in [0, 0.1) is 19.3 Å². The Kier molecular flexibility index (Phi) is 2.61. The van der Waals surface area contributed by atoms with Gasteiger partial charge in [0.05, 0.1) is 5.69 Å². The molecule has 0 radical (unpaired) electrons. The van der Waals surface area contributed by atoms with Gasteiger partial charge in [0.2, 0.25) is 0 Å². The minimum absolute atomic E-state index is 0.403. The molecule has 1 aromatic rings. The third-order valence-electron chi connectivity index (χ3n) is 3.96. The monoisotopic (exact) mass is 221 g/mol.